The first-order chi connectivity index (χ1) is 11.6. The highest BCUT2D eigenvalue weighted by Crippen LogP contribution is 2.11. The van der Waals surface area contributed by atoms with Gasteiger partial charge in [-0.15, -0.1) is 0 Å². The SMILES string of the molecule is CC.CC.CC(C)Cc1ccc(C(=O)/C=C/c2ccccc2)cc1. The number of carbonyl (C=O) groups is 1. The number of allylic oxidation sites excluding steroid dienone is 1. The Morgan fingerprint density at radius 3 is 1.92 bits per heavy atom. The standard InChI is InChI=1S/C19H20O.2C2H6/c1-15(2)14-17-8-11-18(12-9-17)19(20)13-10-16-6-4-3-5-7-16;2*1-2/h3-13,15H,14H2,1-2H3;2*1-2H3/b13-10+;;. The van der Waals surface area contributed by atoms with E-state index in [1.807, 2.05) is 88.4 Å². The normalized spacial score (nSPS) is 9.79. The Kier molecular flexibility index (Phi) is 12.1. The average Bonchev–Trinajstić information content (AvgIpc) is 2.64. The number of rotatable bonds is 5. The number of hydrogen-bond acceptors (Lipinski definition) is 1. The van der Waals surface area contributed by atoms with E-state index in [4.69, 9.17) is 0 Å². The number of hydrogen-bond donors (Lipinski definition) is 0. The van der Waals surface area contributed by atoms with Gasteiger partial charge in [-0.1, -0.05) is 102 Å². The third-order valence-corrected chi connectivity index (χ3v) is 3.11. The quantitative estimate of drug-likeness (QED) is 0.435. The van der Waals surface area contributed by atoms with E-state index in [2.05, 4.69) is 13.8 Å². The van der Waals surface area contributed by atoms with Crippen LogP contribution in [0.5, 0.6) is 0 Å². The molecule has 0 radical (unpaired) electrons. The van der Waals surface area contributed by atoms with Crippen molar-refractivity contribution in [1.82, 2.24) is 0 Å². The molecule has 2 aromatic carbocycles. The molecule has 0 N–H and O–H groups in total. The van der Waals surface area contributed by atoms with Crippen LogP contribution >= 0.6 is 0 Å². The topological polar surface area (TPSA) is 17.1 Å². The van der Waals surface area contributed by atoms with Crippen molar-refractivity contribution in [3.63, 3.8) is 0 Å². The van der Waals surface area contributed by atoms with E-state index in [0.29, 0.717) is 5.92 Å². The van der Waals surface area contributed by atoms with Gasteiger partial charge in [-0.05, 0) is 29.5 Å². The fraction of sp³-hybridized carbons (Fsp3) is 0.348. The fourth-order valence-electron chi connectivity index (χ4n) is 2.11. The first-order valence-electron chi connectivity index (χ1n) is 9.01. The summed E-state index contributed by atoms with van der Waals surface area (Å²) in [5.41, 5.74) is 3.06. The zero-order chi connectivity index (χ0) is 18.4. The molecule has 2 rings (SSSR count). The number of ketones is 1. The third-order valence-electron chi connectivity index (χ3n) is 3.11. The van der Waals surface area contributed by atoms with Crippen molar-refractivity contribution in [1.29, 1.82) is 0 Å². The van der Waals surface area contributed by atoms with Gasteiger partial charge in [0.15, 0.2) is 5.78 Å². The minimum Gasteiger partial charge on any atom is -0.289 e. The molecule has 1 heteroatoms. The van der Waals surface area contributed by atoms with Crippen molar-refractivity contribution in [3.05, 3.63) is 77.4 Å². The van der Waals surface area contributed by atoms with Crippen molar-refractivity contribution >= 4 is 11.9 Å². The lowest BCUT2D eigenvalue weighted by Gasteiger charge is -2.05. The molecule has 0 heterocycles. The first-order valence-corrected chi connectivity index (χ1v) is 9.01. The molecular formula is C23H32O. The molecule has 0 unspecified atom stereocenters. The van der Waals surface area contributed by atoms with E-state index in [1.54, 1.807) is 6.08 Å². The maximum Gasteiger partial charge on any atom is 0.185 e. The van der Waals surface area contributed by atoms with Crippen molar-refractivity contribution in [2.45, 2.75) is 48.0 Å². The summed E-state index contributed by atoms with van der Waals surface area (Å²) < 4.78 is 0. The van der Waals surface area contributed by atoms with Crippen LogP contribution in [0.2, 0.25) is 0 Å². The molecule has 24 heavy (non-hydrogen) atoms. The third kappa shape index (κ3) is 8.47. The first kappa shape index (κ1) is 21.9. The molecule has 0 fully saturated rings. The number of benzene rings is 2. The van der Waals surface area contributed by atoms with Gasteiger partial charge in [-0.3, -0.25) is 4.79 Å². The predicted molar refractivity (Wildman–Crippen MR) is 107 cm³/mol. The van der Waals surface area contributed by atoms with Crippen LogP contribution in [0.25, 0.3) is 6.08 Å². The molecule has 0 saturated heterocycles. The predicted octanol–water partition coefficient (Wildman–Crippen LogP) is 6.83. The van der Waals surface area contributed by atoms with Gasteiger partial charge >= 0.3 is 0 Å². The molecular weight excluding hydrogens is 292 g/mol. The van der Waals surface area contributed by atoms with Crippen molar-refractivity contribution in [3.8, 4) is 0 Å². The molecule has 130 valence electrons. The van der Waals surface area contributed by atoms with Crippen LogP contribution in [0.4, 0.5) is 0 Å². The van der Waals surface area contributed by atoms with Gasteiger partial charge < -0.3 is 0 Å². The van der Waals surface area contributed by atoms with Crippen LogP contribution in [-0.2, 0) is 6.42 Å². The summed E-state index contributed by atoms with van der Waals surface area (Å²) in [5, 5.41) is 0. The van der Waals surface area contributed by atoms with Crippen LogP contribution in [0.15, 0.2) is 60.7 Å². The molecule has 0 aliphatic carbocycles. The van der Waals surface area contributed by atoms with Gasteiger partial charge in [0.05, 0.1) is 0 Å². The van der Waals surface area contributed by atoms with E-state index in [1.165, 1.54) is 5.56 Å². The Hall–Kier alpha value is -2.15. The van der Waals surface area contributed by atoms with E-state index >= 15 is 0 Å². The summed E-state index contributed by atoms with van der Waals surface area (Å²) in [6.07, 6.45) is 4.53. The van der Waals surface area contributed by atoms with Crippen molar-refractivity contribution < 1.29 is 4.79 Å². The summed E-state index contributed by atoms with van der Waals surface area (Å²) in [4.78, 5) is 12.1. The number of carbonyl (C=O) groups excluding carboxylic acids is 1. The minimum absolute atomic E-state index is 0.0463. The second-order valence-electron chi connectivity index (χ2n) is 5.40. The van der Waals surface area contributed by atoms with E-state index < -0.39 is 0 Å². The van der Waals surface area contributed by atoms with Gasteiger partial charge in [0.2, 0.25) is 0 Å². The van der Waals surface area contributed by atoms with E-state index in [9.17, 15) is 4.79 Å². The van der Waals surface area contributed by atoms with E-state index in [-0.39, 0.29) is 5.78 Å². The Bertz CT molecular complexity index is 577. The van der Waals surface area contributed by atoms with Crippen LogP contribution < -0.4 is 0 Å². The Morgan fingerprint density at radius 1 is 0.875 bits per heavy atom. The molecule has 0 aliphatic rings. The molecule has 0 atom stereocenters. The summed E-state index contributed by atoms with van der Waals surface area (Å²) in [6.45, 7) is 12.4. The monoisotopic (exact) mass is 324 g/mol. The molecule has 0 aliphatic heterocycles. The van der Waals surface area contributed by atoms with Crippen LogP contribution in [0.1, 0.15) is 63.0 Å². The molecule has 0 bridgehead atoms. The lowest BCUT2D eigenvalue weighted by atomic mass is 10.0. The maximum absolute atomic E-state index is 12.1. The largest absolute Gasteiger partial charge is 0.289 e. The fourth-order valence-corrected chi connectivity index (χ4v) is 2.11. The Morgan fingerprint density at radius 2 is 1.42 bits per heavy atom. The van der Waals surface area contributed by atoms with Crippen LogP contribution in [0, 0.1) is 5.92 Å². The van der Waals surface area contributed by atoms with Crippen LogP contribution in [-0.4, -0.2) is 5.78 Å². The summed E-state index contributed by atoms with van der Waals surface area (Å²) in [6, 6.07) is 17.8. The molecule has 0 amide bonds. The van der Waals surface area contributed by atoms with Gasteiger partial charge in [-0.2, -0.15) is 0 Å². The Balaban J connectivity index is 0.00000123. The molecule has 1 nitrogen and oxygen atoms in total. The van der Waals surface area contributed by atoms with Gasteiger partial charge in [-0.25, -0.2) is 0 Å². The van der Waals surface area contributed by atoms with Crippen molar-refractivity contribution in [2.24, 2.45) is 5.92 Å². The minimum atomic E-state index is 0.0463. The Labute approximate surface area is 148 Å². The zero-order valence-corrected chi connectivity index (χ0v) is 16.0. The highest BCUT2D eigenvalue weighted by Gasteiger charge is 2.03. The average molecular weight is 325 g/mol. The van der Waals surface area contributed by atoms with Crippen molar-refractivity contribution in [2.75, 3.05) is 0 Å². The molecule has 0 aromatic heterocycles. The summed E-state index contributed by atoms with van der Waals surface area (Å²) in [7, 11) is 0. The molecule has 0 spiro atoms. The second-order valence-corrected chi connectivity index (χ2v) is 5.40. The van der Waals surface area contributed by atoms with Gasteiger partial charge in [0.25, 0.3) is 0 Å². The van der Waals surface area contributed by atoms with Gasteiger partial charge in [0.1, 0.15) is 0 Å². The lowest BCUT2D eigenvalue weighted by Crippen LogP contribution is -1.97. The van der Waals surface area contributed by atoms with E-state index in [0.717, 1.165) is 17.5 Å². The maximum atomic E-state index is 12.1. The summed E-state index contributed by atoms with van der Waals surface area (Å²) in [5.74, 6) is 0.680. The van der Waals surface area contributed by atoms with Gasteiger partial charge in [0, 0.05) is 5.56 Å². The highest BCUT2D eigenvalue weighted by atomic mass is 16.1. The zero-order valence-electron chi connectivity index (χ0n) is 16.0. The molecule has 0 saturated carbocycles. The second kappa shape index (κ2) is 13.3. The smallest absolute Gasteiger partial charge is 0.185 e. The summed E-state index contributed by atoms with van der Waals surface area (Å²) >= 11 is 0. The van der Waals surface area contributed by atoms with Crippen LogP contribution in [0.3, 0.4) is 0 Å². The highest BCUT2D eigenvalue weighted by molar-refractivity contribution is 6.06. The lowest BCUT2D eigenvalue weighted by molar-refractivity contribution is 0.104. The molecule has 2 aromatic rings.